The molecule has 0 N–H and O–H groups in total. The molecular weight excluding hydrogens is 824 g/mol. The van der Waals surface area contributed by atoms with Crippen molar-refractivity contribution in [3.8, 4) is 5.75 Å². The molecule has 2 saturated heterocycles. The second-order valence-electron chi connectivity index (χ2n) is 18.0. The number of carbonyl (C=O) groups is 1. The summed E-state index contributed by atoms with van der Waals surface area (Å²) in [6.45, 7) is 10.9. The Balaban J connectivity index is 0.898. The number of hydrogen-bond acceptors (Lipinski definition) is 12. The minimum Gasteiger partial charge on any atom is -0.494 e. The molecule has 8 atom stereocenters. The summed E-state index contributed by atoms with van der Waals surface area (Å²) >= 11 is 0. The van der Waals surface area contributed by atoms with Crippen molar-refractivity contribution in [2.24, 2.45) is 0 Å². The van der Waals surface area contributed by atoms with Crippen molar-refractivity contribution in [1.29, 1.82) is 0 Å². The van der Waals surface area contributed by atoms with Gasteiger partial charge in [0.1, 0.15) is 42.9 Å². The van der Waals surface area contributed by atoms with Crippen molar-refractivity contribution in [1.82, 2.24) is 0 Å². The number of hydrogen-bond donors (Lipinski definition) is 0. The van der Waals surface area contributed by atoms with Crippen LogP contribution >= 0.6 is 8.25 Å². The molecule has 1 unspecified atom stereocenters. The Morgan fingerprint density at radius 3 is 1.90 bits per heavy atom. The average molecular weight is 896 g/mol. The Morgan fingerprint density at radius 2 is 1.24 bits per heavy atom. The standard InChI is InChI=1S/C50H72O12P/c1-6-7-17-28-42(51)57-41(35-53-31-22-14-12-10-8-9-11-13-15-23-32-54-40-30-29-38-26-20-21-27-39(38)33-40)36-56-63(52)62-48-43(55-34-37-24-18-16-19-25-37)44-45(59-49(2,3)58-44)46-47(48)61-50(4,5)60-46/h16,18-21,24-27,29-30,33,41,43-48H,6-15,17,22-23,28,31-32,34-36H2,1-5H3/q+1/t41-,43-,44-,45+,46-,47-,48+/m1/s1. The first-order valence-electron chi connectivity index (χ1n) is 23.5. The lowest BCUT2D eigenvalue weighted by molar-refractivity contribution is -0.191. The highest BCUT2D eigenvalue weighted by Gasteiger charge is 2.66. The van der Waals surface area contributed by atoms with Crippen LogP contribution in [0.3, 0.4) is 0 Å². The zero-order valence-electron chi connectivity index (χ0n) is 38.3. The van der Waals surface area contributed by atoms with Crippen molar-refractivity contribution in [3.63, 3.8) is 0 Å². The fraction of sp³-hybridized carbons (Fsp3) is 0.660. The Morgan fingerprint density at radius 1 is 0.651 bits per heavy atom. The first kappa shape index (κ1) is 49.4. The van der Waals surface area contributed by atoms with Gasteiger partial charge in [-0.1, -0.05) is 132 Å². The Bertz CT molecular complexity index is 1820. The molecule has 0 bridgehead atoms. The first-order chi connectivity index (χ1) is 30.5. The molecule has 63 heavy (non-hydrogen) atoms. The fourth-order valence-corrected chi connectivity index (χ4v) is 9.42. The molecule has 0 radical (unpaired) electrons. The van der Waals surface area contributed by atoms with Crippen LogP contribution in [0.1, 0.15) is 130 Å². The van der Waals surface area contributed by atoms with Crippen LogP contribution in [0.25, 0.3) is 10.8 Å². The van der Waals surface area contributed by atoms with Crippen molar-refractivity contribution >= 4 is 25.0 Å². The summed E-state index contributed by atoms with van der Waals surface area (Å²) in [4.78, 5) is 12.8. The van der Waals surface area contributed by atoms with Gasteiger partial charge in [-0.3, -0.25) is 4.79 Å². The van der Waals surface area contributed by atoms with Crippen molar-refractivity contribution in [2.45, 2.75) is 185 Å². The SMILES string of the molecule is CCCCCC(=O)O[C@H](COCCCCCCCCCCCCOc1ccc2ccccc2c1)CO[P+](=O)O[C@H]1[C@H](OCc2ccccc2)[C@H]2OC(C)(C)O[C@@H]2[C@H]2OC(C)(C)O[C@@H]12. The lowest BCUT2D eigenvalue weighted by Crippen LogP contribution is -2.62. The summed E-state index contributed by atoms with van der Waals surface area (Å²) in [5.74, 6) is -1.26. The summed E-state index contributed by atoms with van der Waals surface area (Å²) in [7, 11) is -2.73. The summed E-state index contributed by atoms with van der Waals surface area (Å²) in [5.41, 5.74) is 0.957. The van der Waals surface area contributed by atoms with Crippen molar-refractivity contribution in [2.75, 3.05) is 26.4 Å². The predicted octanol–water partition coefficient (Wildman–Crippen LogP) is 11.3. The van der Waals surface area contributed by atoms with Gasteiger partial charge >= 0.3 is 14.2 Å². The van der Waals surface area contributed by atoms with Crippen LogP contribution in [0.15, 0.2) is 72.8 Å². The largest absolute Gasteiger partial charge is 0.698 e. The van der Waals surface area contributed by atoms with E-state index in [0.717, 1.165) is 62.9 Å². The molecule has 12 nitrogen and oxygen atoms in total. The highest BCUT2D eigenvalue weighted by Crippen LogP contribution is 2.48. The van der Waals surface area contributed by atoms with Gasteiger partial charge in [-0.2, -0.15) is 0 Å². The third-order valence-corrected chi connectivity index (χ3v) is 12.5. The molecule has 348 valence electrons. The number of fused-ring (bicyclic) bond motifs is 4. The topological polar surface area (TPSA) is 126 Å². The summed E-state index contributed by atoms with van der Waals surface area (Å²) in [6, 6.07) is 24.4. The molecule has 2 heterocycles. The molecular formula is C50H72O12P+. The second-order valence-corrected chi connectivity index (χ2v) is 18.9. The minimum absolute atomic E-state index is 0.127. The number of ether oxygens (including phenoxy) is 8. The Labute approximate surface area is 376 Å². The van der Waals surface area contributed by atoms with Gasteiger partial charge in [0.2, 0.25) is 0 Å². The van der Waals surface area contributed by atoms with Gasteiger partial charge in [-0.25, -0.2) is 0 Å². The lowest BCUT2D eigenvalue weighted by Gasteiger charge is -2.40. The number of unbranched alkanes of at least 4 members (excludes halogenated alkanes) is 11. The molecule has 3 fully saturated rings. The van der Waals surface area contributed by atoms with E-state index in [9.17, 15) is 9.36 Å². The van der Waals surface area contributed by atoms with Gasteiger partial charge in [-0.15, -0.1) is 9.05 Å². The molecule has 0 amide bonds. The smallest absolute Gasteiger partial charge is 0.494 e. The highest BCUT2D eigenvalue weighted by atomic mass is 31.1. The van der Waals surface area contributed by atoms with Crippen LogP contribution in [0, 0.1) is 0 Å². The molecule has 6 rings (SSSR count). The monoisotopic (exact) mass is 895 g/mol. The average Bonchev–Trinajstić information content (AvgIpc) is 3.78. The first-order valence-corrected chi connectivity index (χ1v) is 24.6. The summed E-state index contributed by atoms with van der Waals surface area (Å²) in [5, 5.41) is 2.45. The Hall–Kier alpha value is -3.03. The van der Waals surface area contributed by atoms with Crippen molar-refractivity contribution in [3.05, 3.63) is 78.4 Å². The number of benzene rings is 3. The van der Waals surface area contributed by atoms with Crippen LogP contribution in [0.5, 0.6) is 5.75 Å². The third-order valence-electron chi connectivity index (χ3n) is 11.7. The van der Waals surface area contributed by atoms with Gasteiger partial charge in [0.05, 0.1) is 19.8 Å². The van der Waals surface area contributed by atoms with Gasteiger partial charge in [0.15, 0.2) is 23.8 Å². The normalized spacial score (nSPS) is 24.2. The molecule has 13 heteroatoms. The van der Waals surface area contributed by atoms with E-state index < -0.39 is 62.6 Å². The minimum atomic E-state index is -2.73. The summed E-state index contributed by atoms with van der Waals surface area (Å²) in [6.07, 6.45) is 9.82. The van der Waals surface area contributed by atoms with Crippen LogP contribution < -0.4 is 4.74 Å². The quantitative estimate of drug-likeness (QED) is 0.0374. The number of carbonyl (C=O) groups excluding carboxylic acids is 1. The highest BCUT2D eigenvalue weighted by molar-refractivity contribution is 7.33. The Kier molecular flexibility index (Phi) is 19.6. The van der Waals surface area contributed by atoms with Gasteiger partial charge in [0, 0.05) is 17.6 Å². The molecule has 3 aromatic rings. The number of rotatable bonds is 29. The maximum atomic E-state index is 13.7. The molecule has 1 saturated carbocycles. The molecule has 3 aliphatic rings. The molecule has 2 aliphatic heterocycles. The van der Waals surface area contributed by atoms with Crippen LogP contribution in [0.4, 0.5) is 0 Å². The van der Waals surface area contributed by atoms with E-state index in [1.807, 2.05) is 58.0 Å². The molecule has 3 aromatic carbocycles. The van der Waals surface area contributed by atoms with E-state index in [1.165, 1.54) is 49.3 Å². The van der Waals surface area contributed by atoms with E-state index in [-0.39, 0.29) is 25.8 Å². The van der Waals surface area contributed by atoms with Gasteiger partial charge < -0.3 is 37.9 Å². The van der Waals surface area contributed by atoms with Crippen LogP contribution in [-0.4, -0.2) is 86.7 Å². The van der Waals surface area contributed by atoms with Gasteiger partial charge in [0.25, 0.3) is 0 Å². The third kappa shape index (κ3) is 15.8. The van der Waals surface area contributed by atoms with Crippen LogP contribution in [-0.2, 0) is 58.2 Å². The van der Waals surface area contributed by atoms with E-state index in [0.29, 0.717) is 13.0 Å². The van der Waals surface area contributed by atoms with E-state index in [2.05, 4.69) is 49.4 Å². The second kappa shape index (κ2) is 25.0. The zero-order chi connectivity index (χ0) is 44.5. The number of esters is 1. The van der Waals surface area contributed by atoms with E-state index >= 15 is 0 Å². The zero-order valence-corrected chi connectivity index (χ0v) is 39.1. The lowest BCUT2D eigenvalue weighted by atomic mass is 9.85. The summed E-state index contributed by atoms with van der Waals surface area (Å²) < 4.78 is 75.3. The van der Waals surface area contributed by atoms with E-state index in [1.54, 1.807) is 0 Å². The van der Waals surface area contributed by atoms with Crippen molar-refractivity contribution < 1.29 is 56.3 Å². The fourth-order valence-electron chi connectivity index (χ4n) is 8.64. The van der Waals surface area contributed by atoms with E-state index in [4.69, 9.17) is 46.9 Å². The molecule has 1 aliphatic carbocycles. The maximum absolute atomic E-state index is 13.7. The molecule has 0 aromatic heterocycles. The van der Waals surface area contributed by atoms with Crippen LogP contribution in [0.2, 0.25) is 0 Å². The predicted molar refractivity (Wildman–Crippen MR) is 242 cm³/mol. The maximum Gasteiger partial charge on any atom is 0.698 e. The van der Waals surface area contributed by atoms with Gasteiger partial charge in [-0.05, 0) is 75.4 Å². The molecule has 0 spiro atoms.